The van der Waals surface area contributed by atoms with Crippen LogP contribution in [0.3, 0.4) is 0 Å². The number of nitrogens with one attached hydrogen (secondary N) is 1. The third-order valence-electron chi connectivity index (χ3n) is 3.60. The highest BCUT2D eigenvalue weighted by Gasteiger charge is 2.23. The highest BCUT2D eigenvalue weighted by molar-refractivity contribution is 5.94. The van der Waals surface area contributed by atoms with Gasteiger partial charge >= 0.3 is 0 Å². The van der Waals surface area contributed by atoms with Crippen molar-refractivity contribution >= 4 is 11.8 Å². The van der Waals surface area contributed by atoms with E-state index in [1.165, 1.54) is 6.20 Å². The van der Waals surface area contributed by atoms with Crippen LogP contribution >= 0.6 is 0 Å². The number of aromatic nitrogens is 1. The van der Waals surface area contributed by atoms with Crippen LogP contribution in [0.5, 0.6) is 0 Å². The van der Waals surface area contributed by atoms with Crippen LogP contribution < -0.4 is 5.32 Å². The van der Waals surface area contributed by atoms with Crippen molar-refractivity contribution in [1.82, 2.24) is 15.2 Å². The highest BCUT2D eigenvalue weighted by Crippen LogP contribution is 2.13. The molecule has 21 heavy (non-hydrogen) atoms. The van der Waals surface area contributed by atoms with Crippen molar-refractivity contribution in [3.05, 3.63) is 29.8 Å². The van der Waals surface area contributed by atoms with E-state index in [1.807, 2.05) is 11.8 Å². The summed E-state index contributed by atoms with van der Waals surface area (Å²) in [6, 6.07) is 1.10. The zero-order valence-corrected chi connectivity index (χ0v) is 12.1. The second-order valence-corrected chi connectivity index (χ2v) is 5.27. The second-order valence-electron chi connectivity index (χ2n) is 5.27. The van der Waals surface area contributed by atoms with Crippen LogP contribution in [0.15, 0.2) is 18.5 Å². The molecule has 1 fully saturated rings. The molecule has 1 aliphatic heterocycles. The first-order valence-electron chi connectivity index (χ1n) is 7.29. The molecule has 0 aliphatic carbocycles. The predicted molar refractivity (Wildman–Crippen MR) is 76.2 cm³/mol. The van der Waals surface area contributed by atoms with Crippen LogP contribution in [0.2, 0.25) is 0 Å². The van der Waals surface area contributed by atoms with Crippen LogP contribution in [0, 0.1) is 5.82 Å². The number of amides is 2. The van der Waals surface area contributed by atoms with Gasteiger partial charge in [-0.15, -0.1) is 0 Å². The number of hydrogen-bond acceptors (Lipinski definition) is 3. The van der Waals surface area contributed by atoms with Crippen LogP contribution in [-0.2, 0) is 4.79 Å². The Labute approximate surface area is 123 Å². The van der Waals surface area contributed by atoms with E-state index >= 15 is 0 Å². The number of nitrogens with zero attached hydrogens (tertiary/aromatic N) is 2. The van der Waals surface area contributed by atoms with Crippen LogP contribution in [0.4, 0.5) is 4.39 Å². The largest absolute Gasteiger partial charge is 0.349 e. The number of carbonyl (C=O) groups is 2. The zero-order valence-electron chi connectivity index (χ0n) is 12.1. The van der Waals surface area contributed by atoms with Gasteiger partial charge in [0.1, 0.15) is 5.82 Å². The topological polar surface area (TPSA) is 62.3 Å². The van der Waals surface area contributed by atoms with Gasteiger partial charge in [0.15, 0.2) is 0 Å². The van der Waals surface area contributed by atoms with E-state index in [4.69, 9.17) is 0 Å². The van der Waals surface area contributed by atoms with Crippen LogP contribution in [0.25, 0.3) is 0 Å². The Bertz CT molecular complexity index is 521. The molecule has 0 spiro atoms. The third kappa shape index (κ3) is 4.24. The molecule has 1 aromatic heterocycles. The van der Waals surface area contributed by atoms with Gasteiger partial charge in [0.05, 0.1) is 11.8 Å². The first-order chi connectivity index (χ1) is 10.1. The number of likely N-dealkylation sites (tertiary alicyclic amines) is 1. The molecule has 1 aliphatic rings. The average Bonchev–Trinajstić information content (AvgIpc) is 2.63. The fourth-order valence-electron chi connectivity index (χ4n) is 2.49. The van der Waals surface area contributed by atoms with Gasteiger partial charge < -0.3 is 10.2 Å². The van der Waals surface area contributed by atoms with Gasteiger partial charge in [-0.3, -0.25) is 14.6 Å². The van der Waals surface area contributed by atoms with Gasteiger partial charge in [0, 0.05) is 31.7 Å². The monoisotopic (exact) mass is 293 g/mol. The van der Waals surface area contributed by atoms with Crippen molar-refractivity contribution in [2.75, 3.05) is 13.1 Å². The molecule has 0 aromatic carbocycles. The fourth-order valence-corrected chi connectivity index (χ4v) is 2.49. The minimum absolute atomic E-state index is 0.0634. The summed E-state index contributed by atoms with van der Waals surface area (Å²) < 4.78 is 13.1. The van der Waals surface area contributed by atoms with Crippen molar-refractivity contribution in [3.8, 4) is 0 Å². The predicted octanol–water partition coefficient (Wildman–Crippen LogP) is 1.74. The summed E-state index contributed by atoms with van der Waals surface area (Å²) >= 11 is 0. The second kappa shape index (κ2) is 7.15. The zero-order chi connectivity index (χ0) is 15.2. The van der Waals surface area contributed by atoms with E-state index in [1.54, 1.807) is 0 Å². The molecule has 1 unspecified atom stereocenters. The van der Waals surface area contributed by atoms with Crippen molar-refractivity contribution in [2.24, 2.45) is 0 Å². The maximum absolute atomic E-state index is 13.1. The van der Waals surface area contributed by atoms with Crippen LogP contribution in [-0.4, -0.2) is 40.8 Å². The van der Waals surface area contributed by atoms with Crippen molar-refractivity contribution < 1.29 is 14.0 Å². The standard InChI is InChI=1S/C15H20FN3O2/c1-2-6-19-7-5-13(3-4-14(19)20)18-15(21)11-8-12(16)10-17-9-11/h8-10,13H,2-7H2,1H3,(H,18,21). The van der Waals surface area contributed by atoms with E-state index in [-0.39, 0.29) is 23.4 Å². The SMILES string of the molecule is CCCN1CCC(NC(=O)c2cncc(F)c2)CCC1=O. The molecule has 1 atom stereocenters. The lowest BCUT2D eigenvalue weighted by atomic mass is 10.1. The molecule has 0 saturated carbocycles. The summed E-state index contributed by atoms with van der Waals surface area (Å²) in [7, 11) is 0. The lowest BCUT2D eigenvalue weighted by Gasteiger charge is -2.20. The Balaban J connectivity index is 1.94. The van der Waals surface area contributed by atoms with Gasteiger partial charge in [0.25, 0.3) is 5.91 Å². The fraction of sp³-hybridized carbons (Fsp3) is 0.533. The number of hydrogen-bond donors (Lipinski definition) is 1. The van der Waals surface area contributed by atoms with Gasteiger partial charge in [-0.25, -0.2) is 4.39 Å². The first-order valence-corrected chi connectivity index (χ1v) is 7.29. The van der Waals surface area contributed by atoms with E-state index in [0.717, 1.165) is 31.6 Å². The van der Waals surface area contributed by atoms with Crippen molar-refractivity contribution in [3.63, 3.8) is 0 Å². The summed E-state index contributed by atoms with van der Waals surface area (Å²) in [6.07, 6.45) is 5.10. The van der Waals surface area contributed by atoms with E-state index < -0.39 is 5.82 Å². The molecule has 0 bridgehead atoms. The average molecular weight is 293 g/mol. The first kappa shape index (κ1) is 15.4. The molecule has 114 valence electrons. The molecule has 1 aromatic rings. The Morgan fingerprint density at radius 2 is 2.29 bits per heavy atom. The minimum atomic E-state index is -0.534. The molecule has 6 heteroatoms. The lowest BCUT2D eigenvalue weighted by Crippen LogP contribution is -2.36. The highest BCUT2D eigenvalue weighted by atomic mass is 19.1. The van der Waals surface area contributed by atoms with E-state index in [0.29, 0.717) is 19.4 Å². The molecule has 1 saturated heterocycles. The Morgan fingerprint density at radius 1 is 1.48 bits per heavy atom. The summed E-state index contributed by atoms with van der Waals surface area (Å²) in [5, 5.41) is 2.86. The maximum atomic E-state index is 13.1. The summed E-state index contributed by atoms with van der Waals surface area (Å²) in [5.41, 5.74) is 0.205. The molecule has 5 nitrogen and oxygen atoms in total. The number of pyridine rings is 1. The normalized spacial score (nSPS) is 19.2. The number of carbonyl (C=O) groups excluding carboxylic acids is 2. The Morgan fingerprint density at radius 3 is 3.00 bits per heavy atom. The molecule has 1 N–H and O–H groups in total. The van der Waals surface area contributed by atoms with Gasteiger partial charge in [-0.1, -0.05) is 6.92 Å². The molecule has 2 amide bonds. The quantitative estimate of drug-likeness (QED) is 0.920. The van der Waals surface area contributed by atoms with Gasteiger partial charge in [0.2, 0.25) is 5.91 Å². The van der Waals surface area contributed by atoms with Crippen LogP contribution in [0.1, 0.15) is 43.0 Å². The number of rotatable bonds is 4. The molecule has 2 heterocycles. The van der Waals surface area contributed by atoms with Gasteiger partial charge in [-0.2, -0.15) is 0 Å². The Kier molecular flexibility index (Phi) is 5.25. The van der Waals surface area contributed by atoms with Crippen molar-refractivity contribution in [2.45, 2.75) is 38.6 Å². The molecular formula is C15H20FN3O2. The summed E-state index contributed by atoms with van der Waals surface area (Å²) in [6.45, 7) is 3.45. The third-order valence-corrected chi connectivity index (χ3v) is 3.60. The lowest BCUT2D eigenvalue weighted by molar-refractivity contribution is -0.130. The summed E-state index contributed by atoms with van der Waals surface area (Å²) in [5.74, 6) is -0.739. The number of halogens is 1. The van der Waals surface area contributed by atoms with E-state index in [2.05, 4.69) is 10.3 Å². The van der Waals surface area contributed by atoms with Crippen molar-refractivity contribution in [1.29, 1.82) is 0 Å². The Hall–Kier alpha value is -1.98. The molecule has 0 radical (unpaired) electrons. The van der Waals surface area contributed by atoms with Gasteiger partial charge in [-0.05, 0) is 25.3 Å². The van der Waals surface area contributed by atoms with E-state index in [9.17, 15) is 14.0 Å². The minimum Gasteiger partial charge on any atom is -0.349 e. The smallest absolute Gasteiger partial charge is 0.253 e. The molecule has 2 rings (SSSR count). The summed E-state index contributed by atoms with van der Waals surface area (Å²) in [4.78, 5) is 29.5. The molecular weight excluding hydrogens is 273 g/mol. The maximum Gasteiger partial charge on any atom is 0.253 e.